The van der Waals surface area contributed by atoms with E-state index in [1.807, 2.05) is 42.5 Å². The summed E-state index contributed by atoms with van der Waals surface area (Å²) in [6.07, 6.45) is 1.61. The average molecular weight is 355 g/mol. The molecule has 4 rings (SSSR count). The van der Waals surface area contributed by atoms with Crippen LogP contribution in [0.1, 0.15) is 16.7 Å². The molecule has 0 aliphatic carbocycles. The number of rotatable bonds is 5. The maximum absolute atomic E-state index is 5.84. The summed E-state index contributed by atoms with van der Waals surface area (Å²) in [5.41, 5.74) is 4.59. The molecule has 0 aliphatic rings. The van der Waals surface area contributed by atoms with Gasteiger partial charge in [0.25, 0.3) is 0 Å². The van der Waals surface area contributed by atoms with Gasteiger partial charge in [0.15, 0.2) is 0 Å². The van der Waals surface area contributed by atoms with Crippen molar-refractivity contribution in [1.82, 2.24) is 9.97 Å². The summed E-state index contributed by atoms with van der Waals surface area (Å²) in [6.45, 7) is 4.89. The van der Waals surface area contributed by atoms with Gasteiger partial charge < -0.3 is 10.1 Å². The number of aryl methyl sites for hydroxylation is 2. The van der Waals surface area contributed by atoms with Gasteiger partial charge in [-0.2, -0.15) is 0 Å². The Balaban J connectivity index is 1.47. The van der Waals surface area contributed by atoms with Gasteiger partial charge in [-0.3, -0.25) is 0 Å². The molecular weight excluding hydrogens is 334 g/mol. The van der Waals surface area contributed by atoms with E-state index in [-0.39, 0.29) is 0 Å². The minimum Gasteiger partial charge on any atom is -0.457 e. The van der Waals surface area contributed by atoms with Crippen LogP contribution in [-0.2, 0) is 6.54 Å². The maximum atomic E-state index is 5.84. The molecule has 27 heavy (non-hydrogen) atoms. The first-order chi connectivity index (χ1) is 13.2. The zero-order chi connectivity index (χ0) is 18.6. The van der Waals surface area contributed by atoms with Crippen LogP contribution in [0.15, 0.2) is 73.1 Å². The molecule has 1 aromatic heterocycles. The highest BCUT2D eigenvalue weighted by Crippen LogP contribution is 2.24. The molecule has 0 saturated carbocycles. The summed E-state index contributed by atoms with van der Waals surface area (Å²) in [7, 11) is 0. The minimum absolute atomic E-state index is 0.685. The molecule has 0 bridgehead atoms. The number of hydrogen-bond donors (Lipinski definition) is 1. The number of hydrogen-bond acceptors (Lipinski definition) is 4. The highest BCUT2D eigenvalue weighted by Gasteiger charge is 2.06. The van der Waals surface area contributed by atoms with Crippen LogP contribution in [0.4, 0.5) is 5.82 Å². The van der Waals surface area contributed by atoms with E-state index in [0.29, 0.717) is 6.54 Å². The van der Waals surface area contributed by atoms with Crippen LogP contribution in [0.5, 0.6) is 11.5 Å². The number of ether oxygens (including phenoxy) is 1. The molecule has 4 heteroatoms. The second-order valence-corrected chi connectivity index (χ2v) is 6.59. The second kappa shape index (κ2) is 7.46. The van der Waals surface area contributed by atoms with E-state index in [2.05, 4.69) is 53.4 Å². The molecule has 134 valence electrons. The number of anilines is 1. The molecule has 1 heterocycles. The number of benzene rings is 3. The molecule has 4 aromatic rings. The van der Waals surface area contributed by atoms with E-state index in [0.717, 1.165) is 33.8 Å². The van der Waals surface area contributed by atoms with Gasteiger partial charge in [-0.15, -0.1) is 0 Å². The predicted octanol–water partition coefficient (Wildman–Crippen LogP) is 5.65. The van der Waals surface area contributed by atoms with Crippen molar-refractivity contribution in [3.8, 4) is 11.5 Å². The van der Waals surface area contributed by atoms with Gasteiger partial charge in [-0.05, 0) is 66.9 Å². The Labute approximate surface area is 158 Å². The van der Waals surface area contributed by atoms with Crippen LogP contribution in [0.25, 0.3) is 10.9 Å². The van der Waals surface area contributed by atoms with Crippen LogP contribution >= 0.6 is 0 Å². The van der Waals surface area contributed by atoms with E-state index < -0.39 is 0 Å². The molecule has 0 saturated heterocycles. The van der Waals surface area contributed by atoms with Gasteiger partial charge in [0.1, 0.15) is 23.6 Å². The fourth-order valence-corrected chi connectivity index (χ4v) is 2.94. The van der Waals surface area contributed by atoms with Gasteiger partial charge in [-0.1, -0.05) is 30.3 Å². The van der Waals surface area contributed by atoms with Gasteiger partial charge in [0.05, 0.1) is 5.52 Å². The van der Waals surface area contributed by atoms with E-state index >= 15 is 0 Å². The fourth-order valence-electron chi connectivity index (χ4n) is 2.94. The Morgan fingerprint density at radius 3 is 2.30 bits per heavy atom. The Hall–Kier alpha value is -3.40. The van der Waals surface area contributed by atoms with Crippen molar-refractivity contribution < 1.29 is 4.74 Å². The third kappa shape index (κ3) is 3.90. The zero-order valence-electron chi connectivity index (χ0n) is 15.4. The second-order valence-electron chi connectivity index (χ2n) is 6.59. The maximum Gasteiger partial charge on any atom is 0.137 e. The summed E-state index contributed by atoms with van der Waals surface area (Å²) in [5, 5.41) is 4.47. The van der Waals surface area contributed by atoms with Crippen molar-refractivity contribution in [1.29, 1.82) is 0 Å². The summed E-state index contributed by atoms with van der Waals surface area (Å²) >= 11 is 0. The third-order valence-electron chi connectivity index (χ3n) is 4.61. The third-order valence-corrected chi connectivity index (χ3v) is 4.61. The van der Waals surface area contributed by atoms with Crippen molar-refractivity contribution in [3.05, 3.63) is 89.7 Å². The standard InChI is InChI=1S/C23H21N3O/c1-16-12-21-22(13-17(16)2)25-15-26-23(21)24-14-18-8-10-20(11-9-18)27-19-6-4-3-5-7-19/h3-13,15H,14H2,1-2H3,(H,24,25,26). The Bertz CT molecular complexity index is 1060. The molecule has 0 aliphatic heterocycles. The van der Waals surface area contributed by atoms with Crippen LogP contribution in [-0.4, -0.2) is 9.97 Å². The topological polar surface area (TPSA) is 47.0 Å². The Morgan fingerprint density at radius 1 is 0.815 bits per heavy atom. The lowest BCUT2D eigenvalue weighted by Crippen LogP contribution is -2.03. The van der Waals surface area contributed by atoms with Crippen LogP contribution in [0, 0.1) is 13.8 Å². The lowest BCUT2D eigenvalue weighted by Gasteiger charge is -2.11. The van der Waals surface area contributed by atoms with Crippen molar-refractivity contribution in [2.75, 3.05) is 5.32 Å². The highest BCUT2D eigenvalue weighted by atomic mass is 16.5. The lowest BCUT2D eigenvalue weighted by molar-refractivity contribution is 0.482. The van der Waals surface area contributed by atoms with E-state index in [4.69, 9.17) is 4.74 Å². The number of fused-ring (bicyclic) bond motifs is 1. The van der Waals surface area contributed by atoms with E-state index in [1.54, 1.807) is 6.33 Å². The Kier molecular flexibility index (Phi) is 4.71. The van der Waals surface area contributed by atoms with E-state index in [9.17, 15) is 0 Å². The first-order valence-electron chi connectivity index (χ1n) is 8.97. The number of nitrogens with one attached hydrogen (secondary N) is 1. The number of aromatic nitrogens is 2. The highest BCUT2D eigenvalue weighted by molar-refractivity contribution is 5.89. The van der Waals surface area contributed by atoms with Crippen molar-refractivity contribution in [3.63, 3.8) is 0 Å². The summed E-state index contributed by atoms with van der Waals surface area (Å²) in [6, 6.07) is 22.1. The largest absolute Gasteiger partial charge is 0.457 e. The normalized spacial score (nSPS) is 10.7. The first kappa shape index (κ1) is 17.0. The molecule has 0 radical (unpaired) electrons. The molecule has 0 atom stereocenters. The monoisotopic (exact) mass is 355 g/mol. The van der Waals surface area contributed by atoms with Gasteiger partial charge in [0, 0.05) is 11.9 Å². The zero-order valence-corrected chi connectivity index (χ0v) is 15.4. The first-order valence-corrected chi connectivity index (χ1v) is 8.97. The van der Waals surface area contributed by atoms with Crippen LogP contribution in [0.3, 0.4) is 0 Å². The van der Waals surface area contributed by atoms with E-state index in [1.165, 1.54) is 11.1 Å². The van der Waals surface area contributed by atoms with Crippen LogP contribution < -0.4 is 10.1 Å². The van der Waals surface area contributed by atoms with Crippen molar-refractivity contribution in [2.45, 2.75) is 20.4 Å². The predicted molar refractivity (Wildman–Crippen MR) is 109 cm³/mol. The summed E-state index contributed by atoms with van der Waals surface area (Å²) in [4.78, 5) is 8.80. The van der Waals surface area contributed by atoms with Crippen molar-refractivity contribution >= 4 is 16.7 Å². The number of nitrogens with zero attached hydrogens (tertiary/aromatic N) is 2. The van der Waals surface area contributed by atoms with Crippen LogP contribution in [0.2, 0.25) is 0 Å². The molecule has 0 unspecified atom stereocenters. The molecule has 0 amide bonds. The fraction of sp³-hybridized carbons (Fsp3) is 0.130. The van der Waals surface area contributed by atoms with Gasteiger partial charge in [-0.25, -0.2) is 9.97 Å². The Morgan fingerprint density at radius 2 is 1.52 bits per heavy atom. The molecular formula is C23H21N3O. The molecule has 4 nitrogen and oxygen atoms in total. The lowest BCUT2D eigenvalue weighted by atomic mass is 10.1. The molecule has 1 N–H and O–H groups in total. The smallest absolute Gasteiger partial charge is 0.137 e. The molecule has 0 fully saturated rings. The van der Waals surface area contributed by atoms with Crippen molar-refractivity contribution in [2.24, 2.45) is 0 Å². The summed E-state index contributed by atoms with van der Waals surface area (Å²) in [5.74, 6) is 2.51. The SMILES string of the molecule is Cc1cc2ncnc(NCc3ccc(Oc4ccccc4)cc3)c2cc1C. The summed E-state index contributed by atoms with van der Waals surface area (Å²) < 4.78 is 5.84. The average Bonchev–Trinajstić information content (AvgIpc) is 2.69. The van der Waals surface area contributed by atoms with Gasteiger partial charge >= 0.3 is 0 Å². The molecule has 3 aromatic carbocycles. The number of para-hydroxylation sites is 1. The molecule has 0 spiro atoms. The van der Waals surface area contributed by atoms with Gasteiger partial charge in [0.2, 0.25) is 0 Å². The minimum atomic E-state index is 0.685. The quantitative estimate of drug-likeness (QED) is 0.502.